The Bertz CT molecular complexity index is 619. The lowest BCUT2D eigenvalue weighted by molar-refractivity contribution is -0.128. The van der Waals surface area contributed by atoms with E-state index in [0.717, 1.165) is 45.1 Å². The molecule has 0 aliphatic heterocycles. The van der Waals surface area contributed by atoms with Crippen molar-refractivity contribution < 1.29 is 14.4 Å². The molecule has 2 N–H and O–H groups in total. The zero-order valence-corrected chi connectivity index (χ0v) is 15.1. The third-order valence-corrected chi connectivity index (χ3v) is 4.83. The molecule has 0 spiro atoms. The minimum atomic E-state index is -0.0688. The zero-order chi connectivity index (χ0) is 18.2. The van der Waals surface area contributed by atoms with Crippen molar-refractivity contribution in [1.82, 2.24) is 5.32 Å². The normalized spacial score (nSPS) is 19.9. The molecule has 1 aromatic rings. The van der Waals surface area contributed by atoms with Crippen LogP contribution in [0, 0.1) is 11.8 Å². The number of nitrogens with one attached hydrogen (secondary N) is 2. The molecule has 136 valence electrons. The quantitative estimate of drug-likeness (QED) is 0.587. The Labute approximate surface area is 149 Å². The molecule has 2 amide bonds. The van der Waals surface area contributed by atoms with E-state index in [0.29, 0.717) is 11.3 Å². The fourth-order valence-corrected chi connectivity index (χ4v) is 3.21. The van der Waals surface area contributed by atoms with E-state index in [1.54, 1.807) is 24.3 Å². The summed E-state index contributed by atoms with van der Waals surface area (Å²) in [6.45, 7) is 4.35. The summed E-state index contributed by atoms with van der Waals surface area (Å²) in [7, 11) is 0. The maximum absolute atomic E-state index is 12.4. The van der Waals surface area contributed by atoms with Crippen molar-refractivity contribution in [2.75, 3.05) is 11.9 Å². The molecule has 0 unspecified atom stereocenters. The van der Waals surface area contributed by atoms with Crippen molar-refractivity contribution in [2.24, 2.45) is 11.8 Å². The Morgan fingerprint density at radius 2 is 1.68 bits per heavy atom. The summed E-state index contributed by atoms with van der Waals surface area (Å²) in [5, 5.41) is 5.88. The summed E-state index contributed by atoms with van der Waals surface area (Å²) in [5.41, 5.74) is 1.24. The van der Waals surface area contributed by atoms with E-state index in [4.69, 9.17) is 0 Å². The van der Waals surface area contributed by atoms with Crippen molar-refractivity contribution in [1.29, 1.82) is 0 Å². The van der Waals surface area contributed by atoms with Crippen LogP contribution >= 0.6 is 0 Å². The van der Waals surface area contributed by atoms with Crippen molar-refractivity contribution in [3.8, 4) is 0 Å². The van der Waals surface area contributed by atoms with E-state index in [9.17, 15) is 14.4 Å². The molecule has 0 radical (unpaired) electrons. The van der Waals surface area contributed by atoms with Gasteiger partial charge in [0.1, 0.15) is 0 Å². The van der Waals surface area contributed by atoms with Crippen molar-refractivity contribution in [2.45, 2.75) is 52.4 Å². The number of hydrogen-bond acceptors (Lipinski definition) is 3. The first-order valence-corrected chi connectivity index (χ1v) is 9.20. The second kappa shape index (κ2) is 9.35. The van der Waals surface area contributed by atoms with E-state index in [1.165, 1.54) is 6.92 Å². The monoisotopic (exact) mass is 344 g/mol. The highest BCUT2D eigenvalue weighted by molar-refractivity contribution is 5.97. The molecule has 0 atom stereocenters. The molecule has 1 fully saturated rings. The van der Waals surface area contributed by atoms with Crippen LogP contribution in [0.25, 0.3) is 0 Å². The first-order chi connectivity index (χ1) is 12.0. The van der Waals surface area contributed by atoms with Gasteiger partial charge in [-0.1, -0.05) is 25.5 Å². The topological polar surface area (TPSA) is 75.3 Å². The smallest absolute Gasteiger partial charge is 0.227 e. The minimum Gasteiger partial charge on any atom is -0.356 e. The second-order valence-corrected chi connectivity index (χ2v) is 6.82. The number of anilines is 1. The van der Waals surface area contributed by atoms with Crippen molar-refractivity contribution in [3.63, 3.8) is 0 Å². The van der Waals surface area contributed by atoms with Crippen LogP contribution in [0.5, 0.6) is 0 Å². The van der Waals surface area contributed by atoms with Crippen LogP contribution in [0.4, 0.5) is 5.69 Å². The summed E-state index contributed by atoms with van der Waals surface area (Å²) in [5.74, 6) is 0.0420. The number of carbonyl (C=O) groups excluding carboxylic acids is 3. The van der Waals surface area contributed by atoms with E-state index in [-0.39, 0.29) is 29.4 Å². The van der Waals surface area contributed by atoms with Gasteiger partial charge in [0, 0.05) is 29.6 Å². The third-order valence-electron chi connectivity index (χ3n) is 4.83. The number of Topliss-reactive ketones (excluding diaryl/α,β-unsaturated/α-hetero) is 1. The molecule has 0 heterocycles. The van der Waals surface area contributed by atoms with E-state index < -0.39 is 0 Å². The van der Waals surface area contributed by atoms with Gasteiger partial charge < -0.3 is 10.6 Å². The number of hydrogen-bond donors (Lipinski definition) is 2. The van der Waals surface area contributed by atoms with Gasteiger partial charge in [-0.05, 0) is 51.2 Å². The van der Waals surface area contributed by atoms with Crippen molar-refractivity contribution >= 4 is 23.3 Å². The number of benzene rings is 1. The van der Waals surface area contributed by atoms with Crippen LogP contribution in [-0.4, -0.2) is 24.1 Å². The fourth-order valence-electron chi connectivity index (χ4n) is 3.21. The Kier molecular flexibility index (Phi) is 7.16. The molecule has 0 saturated heterocycles. The number of carbonyl (C=O) groups is 3. The first-order valence-electron chi connectivity index (χ1n) is 9.20. The molecule has 2 rings (SSSR count). The molecule has 1 saturated carbocycles. The van der Waals surface area contributed by atoms with E-state index in [2.05, 4.69) is 17.6 Å². The highest BCUT2D eigenvalue weighted by atomic mass is 16.2. The molecule has 25 heavy (non-hydrogen) atoms. The molecule has 1 aliphatic rings. The minimum absolute atomic E-state index is 0.0225. The van der Waals surface area contributed by atoms with Gasteiger partial charge in [0.05, 0.1) is 0 Å². The van der Waals surface area contributed by atoms with Gasteiger partial charge in [0.15, 0.2) is 5.78 Å². The van der Waals surface area contributed by atoms with Crippen LogP contribution in [0.3, 0.4) is 0 Å². The highest BCUT2D eigenvalue weighted by Gasteiger charge is 2.29. The molecule has 5 nitrogen and oxygen atoms in total. The SMILES string of the molecule is CCCCNC(=O)C1CCC(C(=O)Nc2cccc(C(C)=O)c2)CC1. The lowest BCUT2D eigenvalue weighted by Crippen LogP contribution is -2.35. The largest absolute Gasteiger partial charge is 0.356 e. The maximum Gasteiger partial charge on any atom is 0.227 e. The van der Waals surface area contributed by atoms with Crippen LogP contribution in [0.2, 0.25) is 0 Å². The lowest BCUT2D eigenvalue weighted by atomic mass is 9.81. The Hall–Kier alpha value is -2.17. The molecular formula is C20H28N2O3. The Morgan fingerprint density at radius 1 is 1.04 bits per heavy atom. The molecular weight excluding hydrogens is 316 g/mol. The summed E-state index contributed by atoms with van der Waals surface area (Å²) < 4.78 is 0. The van der Waals surface area contributed by atoms with Gasteiger partial charge in [-0.25, -0.2) is 0 Å². The van der Waals surface area contributed by atoms with E-state index in [1.807, 2.05) is 0 Å². The first kappa shape index (κ1) is 19.2. The van der Waals surface area contributed by atoms with Crippen molar-refractivity contribution in [3.05, 3.63) is 29.8 Å². The van der Waals surface area contributed by atoms with Crippen LogP contribution in [0.15, 0.2) is 24.3 Å². The predicted molar refractivity (Wildman–Crippen MR) is 98.4 cm³/mol. The zero-order valence-electron chi connectivity index (χ0n) is 15.1. The summed E-state index contributed by atoms with van der Waals surface area (Å²) in [6.07, 6.45) is 5.03. The Balaban J connectivity index is 1.82. The average Bonchev–Trinajstić information content (AvgIpc) is 2.62. The molecule has 0 bridgehead atoms. The molecule has 1 aromatic carbocycles. The molecule has 5 heteroatoms. The Morgan fingerprint density at radius 3 is 2.28 bits per heavy atom. The van der Waals surface area contributed by atoms with Gasteiger partial charge in [0.2, 0.25) is 11.8 Å². The van der Waals surface area contributed by atoms with Gasteiger partial charge in [-0.3, -0.25) is 14.4 Å². The van der Waals surface area contributed by atoms with Crippen LogP contribution in [-0.2, 0) is 9.59 Å². The standard InChI is InChI=1S/C20H28N2O3/c1-3-4-12-21-19(24)15-8-10-16(11-9-15)20(25)22-18-7-5-6-17(13-18)14(2)23/h5-7,13,15-16H,3-4,8-12H2,1-2H3,(H,21,24)(H,22,25). The fraction of sp³-hybridized carbons (Fsp3) is 0.550. The molecule has 0 aromatic heterocycles. The number of amides is 2. The maximum atomic E-state index is 12.4. The summed E-state index contributed by atoms with van der Waals surface area (Å²) >= 11 is 0. The number of unbranched alkanes of at least 4 members (excludes halogenated alkanes) is 1. The number of ketones is 1. The van der Waals surface area contributed by atoms with Gasteiger partial charge in [0.25, 0.3) is 0 Å². The van der Waals surface area contributed by atoms with Gasteiger partial charge in [-0.2, -0.15) is 0 Å². The van der Waals surface area contributed by atoms with Crippen LogP contribution in [0.1, 0.15) is 62.7 Å². The average molecular weight is 344 g/mol. The van der Waals surface area contributed by atoms with Gasteiger partial charge in [-0.15, -0.1) is 0 Å². The van der Waals surface area contributed by atoms with E-state index >= 15 is 0 Å². The highest BCUT2D eigenvalue weighted by Crippen LogP contribution is 2.30. The summed E-state index contributed by atoms with van der Waals surface area (Å²) in [6, 6.07) is 6.99. The summed E-state index contributed by atoms with van der Waals surface area (Å²) in [4.78, 5) is 36.0. The third kappa shape index (κ3) is 5.69. The lowest BCUT2D eigenvalue weighted by Gasteiger charge is -2.27. The van der Waals surface area contributed by atoms with Crippen LogP contribution < -0.4 is 10.6 Å². The molecule has 1 aliphatic carbocycles. The number of rotatable bonds is 7. The second-order valence-electron chi connectivity index (χ2n) is 6.82. The predicted octanol–water partition coefficient (Wildman–Crippen LogP) is 3.55. The van der Waals surface area contributed by atoms with Gasteiger partial charge >= 0.3 is 0 Å².